The predicted molar refractivity (Wildman–Crippen MR) is 79.7 cm³/mol. The number of halogens is 1. The van der Waals surface area contributed by atoms with Gasteiger partial charge in [0.1, 0.15) is 0 Å². The molecule has 0 spiro atoms. The first kappa shape index (κ1) is 13.5. The molecule has 2 fully saturated rings. The number of rotatable bonds is 4. The van der Waals surface area contributed by atoms with Crippen LogP contribution in [0.5, 0.6) is 0 Å². The quantitative estimate of drug-likeness (QED) is 0.729. The van der Waals surface area contributed by atoms with Crippen LogP contribution in [0.25, 0.3) is 0 Å². The van der Waals surface area contributed by atoms with Gasteiger partial charge in [-0.1, -0.05) is 32.1 Å². The van der Waals surface area contributed by atoms with Gasteiger partial charge in [0.05, 0.1) is 11.7 Å². The summed E-state index contributed by atoms with van der Waals surface area (Å²) < 4.78 is 2.22. The lowest BCUT2D eigenvalue weighted by atomic mass is 9.72. The van der Waals surface area contributed by atoms with E-state index in [0.717, 1.165) is 12.3 Å². The Balaban J connectivity index is 1.68. The molecule has 2 saturated carbocycles. The van der Waals surface area contributed by atoms with E-state index in [1.807, 2.05) is 0 Å². The SMILES string of the molecule is ClCC1(Cc2ccn(C3CCCC3)n2)CCCCC1. The third-order valence-corrected chi connectivity index (χ3v) is 5.68. The number of hydrogen-bond acceptors (Lipinski definition) is 1. The van der Waals surface area contributed by atoms with Gasteiger partial charge in [-0.25, -0.2) is 0 Å². The maximum Gasteiger partial charge on any atom is 0.0630 e. The summed E-state index contributed by atoms with van der Waals surface area (Å²) in [5.41, 5.74) is 1.59. The van der Waals surface area contributed by atoms with Crippen LogP contribution in [0.4, 0.5) is 0 Å². The van der Waals surface area contributed by atoms with Gasteiger partial charge in [0, 0.05) is 12.1 Å². The highest BCUT2D eigenvalue weighted by Crippen LogP contribution is 2.40. The van der Waals surface area contributed by atoms with Crippen LogP contribution in [0, 0.1) is 5.41 Å². The third-order valence-electron chi connectivity index (χ3n) is 5.12. The summed E-state index contributed by atoms with van der Waals surface area (Å²) in [6, 6.07) is 2.88. The Morgan fingerprint density at radius 2 is 1.89 bits per heavy atom. The summed E-state index contributed by atoms with van der Waals surface area (Å²) in [5, 5.41) is 4.84. The topological polar surface area (TPSA) is 17.8 Å². The van der Waals surface area contributed by atoms with Crippen molar-refractivity contribution in [1.82, 2.24) is 9.78 Å². The van der Waals surface area contributed by atoms with Crippen LogP contribution in [0.3, 0.4) is 0 Å². The van der Waals surface area contributed by atoms with Crippen LogP contribution in [0.2, 0.25) is 0 Å². The van der Waals surface area contributed by atoms with E-state index in [9.17, 15) is 0 Å². The van der Waals surface area contributed by atoms with Crippen LogP contribution >= 0.6 is 11.6 Å². The minimum atomic E-state index is 0.328. The first-order valence-corrected chi connectivity index (χ1v) is 8.45. The summed E-state index contributed by atoms with van der Waals surface area (Å²) >= 11 is 6.29. The second-order valence-corrected chi connectivity index (χ2v) is 6.86. The molecule has 0 atom stereocenters. The summed E-state index contributed by atoms with van der Waals surface area (Å²) in [4.78, 5) is 0. The van der Waals surface area contributed by atoms with E-state index in [1.165, 1.54) is 63.5 Å². The number of alkyl halides is 1. The molecule has 3 rings (SSSR count). The summed E-state index contributed by atoms with van der Waals surface area (Å²) in [6.07, 6.45) is 15.3. The van der Waals surface area contributed by atoms with Crippen molar-refractivity contribution in [2.75, 3.05) is 5.88 Å². The van der Waals surface area contributed by atoms with Gasteiger partial charge in [0.25, 0.3) is 0 Å². The first-order valence-electron chi connectivity index (χ1n) is 7.91. The van der Waals surface area contributed by atoms with Crippen molar-refractivity contribution in [2.45, 2.75) is 70.3 Å². The largest absolute Gasteiger partial charge is 0.269 e. The molecule has 1 heterocycles. The van der Waals surface area contributed by atoms with Crippen LogP contribution in [-0.4, -0.2) is 15.7 Å². The van der Waals surface area contributed by atoms with E-state index in [1.54, 1.807) is 0 Å². The standard InChI is InChI=1S/C16H25ClN2/c17-13-16(9-4-1-5-10-16)12-14-8-11-19(18-14)15-6-2-3-7-15/h8,11,15H,1-7,9-10,12-13H2. The molecule has 19 heavy (non-hydrogen) atoms. The van der Waals surface area contributed by atoms with Gasteiger partial charge in [-0.05, 0) is 43.6 Å². The molecule has 0 bridgehead atoms. The molecule has 0 aromatic carbocycles. The van der Waals surface area contributed by atoms with Crippen molar-refractivity contribution in [2.24, 2.45) is 5.41 Å². The van der Waals surface area contributed by atoms with Gasteiger partial charge in [-0.15, -0.1) is 11.6 Å². The zero-order valence-electron chi connectivity index (χ0n) is 11.8. The molecule has 2 nitrogen and oxygen atoms in total. The molecule has 0 radical (unpaired) electrons. The van der Waals surface area contributed by atoms with E-state index in [0.29, 0.717) is 11.5 Å². The third kappa shape index (κ3) is 2.99. The van der Waals surface area contributed by atoms with Crippen LogP contribution in [-0.2, 0) is 6.42 Å². The van der Waals surface area contributed by atoms with E-state index < -0.39 is 0 Å². The zero-order valence-corrected chi connectivity index (χ0v) is 12.5. The lowest BCUT2D eigenvalue weighted by Gasteiger charge is -2.35. The second kappa shape index (κ2) is 5.87. The van der Waals surface area contributed by atoms with E-state index in [2.05, 4.69) is 16.9 Å². The molecule has 0 unspecified atom stereocenters. The molecular formula is C16H25ClN2. The minimum Gasteiger partial charge on any atom is -0.269 e. The smallest absolute Gasteiger partial charge is 0.0630 e. The average Bonchev–Trinajstić information content (AvgIpc) is 3.10. The Kier molecular flexibility index (Phi) is 4.16. The summed E-state index contributed by atoms with van der Waals surface area (Å²) in [5.74, 6) is 0.795. The number of aromatic nitrogens is 2. The molecule has 0 N–H and O–H groups in total. The van der Waals surface area contributed by atoms with Crippen molar-refractivity contribution in [3.63, 3.8) is 0 Å². The van der Waals surface area contributed by atoms with Gasteiger partial charge in [0.2, 0.25) is 0 Å². The predicted octanol–water partition coefficient (Wildman–Crippen LogP) is 4.73. The lowest BCUT2D eigenvalue weighted by Crippen LogP contribution is -2.29. The Morgan fingerprint density at radius 1 is 1.16 bits per heavy atom. The van der Waals surface area contributed by atoms with E-state index >= 15 is 0 Å². The Morgan fingerprint density at radius 3 is 2.58 bits per heavy atom. The lowest BCUT2D eigenvalue weighted by molar-refractivity contribution is 0.217. The fraction of sp³-hybridized carbons (Fsp3) is 0.812. The van der Waals surface area contributed by atoms with Crippen LogP contribution < -0.4 is 0 Å². The van der Waals surface area contributed by atoms with Crippen molar-refractivity contribution in [1.29, 1.82) is 0 Å². The second-order valence-electron chi connectivity index (χ2n) is 6.60. The molecular weight excluding hydrogens is 256 g/mol. The summed E-state index contributed by atoms with van der Waals surface area (Å²) in [6.45, 7) is 0. The highest BCUT2D eigenvalue weighted by atomic mass is 35.5. The Hall–Kier alpha value is -0.500. The molecule has 0 saturated heterocycles. The fourth-order valence-corrected chi connectivity index (χ4v) is 4.25. The Bertz CT molecular complexity index is 401. The van der Waals surface area contributed by atoms with Crippen molar-refractivity contribution in [3.8, 4) is 0 Å². The number of nitrogens with zero attached hydrogens (tertiary/aromatic N) is 2. The van der Waals surface area contributed by atoms with Crippen molar-refractivity contribution in [3.05, 3.63) is 18.0 Å². The van der Waals surface area contributed by atoms with Crippen molar-refractivity contribution >= 4 is 11.6 Å². The molecule has 2 aliphatic carbocycles. The highest BCUT2D eigenvalue weighted by molar-refractivity contribution is 6.18. The van der Waals surface area contributed by atoms with Crippen LogP contribution in [0.1, 0.15) is 69.5 Å². The molecule has 0 aliphatic heterocycles. The monoisotopic (exact) mass is 280 g/mol. The van der Waals surface area contributed by atoms with Gasteiger partial charge < -0.3 is 0 Å². The van der Waals surface area contributed by atoms with Gasteiger partial charge in [-0.3, -0.25) is 4.68 Å². The molecule has 106 valence electrons. The normalized spacial score (nSPS) is 23.8. The maximum absolute atomic E-state index is 6.29. The molecule has 2 aliphatic rings. The average molecular weight is 281 g/mol. The molecule has 1 aromatic heterocycles. The summed E-state index contributed by atoms with van der Waals surface area (Å²) in [7, 11) is 0. The molecule has 1 aromatic rings. The van der Waals surface area contributed by atoms with Crippen LogP contribution in [0.15, 0.2) is 12.3 Å². The first-order chi connectivity index (χ1) is 9.31. The highest BCUT2D eigenvalue weighted by Gasteiger charge is 2.32. The zero-order chi connectivity index (χ0) is 13.1. The molecule has 0 amide bonds. The van der Waals surface area contributed by atoms with Gasteiger partial charge >= 0.3 is 0 Å². The Labute approximate surface area is 121 Å². The van der Waals surface area contributed by atoms with Crippen molar-refractivity contribution < 1.29 is 0 Å². The minimum absolute atomic E-state index is 0.328. The fourth-order valence-electron chi connectivity index (χ4n) is 3.89. The maximum atomic E-state index is 6.29. The van der Waals surface area contributed by atoms with Gasteiger partial charge in [-0.2, -0.15) is 5.10 Å². The van der Waals surface area contributed by atoms with E-state index in [4.69, 9.17) is 16.7 Å². The number of hydrogen-bond donors (Lipinski definition) is 0. The van der Waals surface area contributed by atoms with E-state index in [-0.39, 0.29) is 0 Å². The molecule has 3 heteroatoms. The van der Waals surface area contributed by atoms with Gasteiger partial charge in [0.15, 0.2) is 0 Å².